The van der Waals surface area contributed by atoms with Gasteiger partial charge in [0.2, 0.25) is 0 Å². The van der Waals surface area contributed by atoms with Crippen LogP contribution in [-0.2, 0) is 0 Å². The molecule has 1 fully saturated rings. The molecule has 1 heterocycles. The average Bonchev–Trinajstić information content (AvgIpc) is 2.89. The van der Waals surface area contributed by atoms with Crippen LogP contribution in [0.5, 0.6) is 0 Å². The number of urea groups is 1. The first-order valence-corrected chi connectivity index (χ1v) is 6.30. The first-order chi connectivity index (χ1) is 9.51. The van der Waals surface area contributed by atoms with Gasteiger partial charge >= 0.3 is 12.0 Å². The van der Waals surface area contributed by atoms with Crippen LogP contribution in [0.25, 0.3) is 0 Å². The van der Waals surface area contributed by atoms with Crippen molar-refractivity contribution in [3.63, 3.8) is 0 Å². The summed E-state index contributed by atoms with van der Waals surface area (Å²) in [6, 6.07) is 2.84. The highest BCUT2D eigenvalue weighted by atomic mass is 19.1. The summed E-state index contributed by atoms with van der Waals surface area (Å²) >= 11 is 0. The maximum atomic E-state index is 13.0. The van der Waals surface area contributed by atoms with E-state index in [-0.39, 0.29) is 17.2 Å². The van der Waals surface area contributed by atoms with Crippen LogP contribution in [0, 0.1) is 11.7 Å². The minimum Gasteiger partial charge on any atom is -0.478 e. The summed E-state index contributed by atoms with van der Waals surface area (Å²) in [5, 5.41) is 11.5. The maximum Gasteiger partial charge on any atom is 0.337 e. The molecule has 1 aliphatic rings. The van der Waals surface area contributed by atoms with E-state index in [1.807, 2.05) is 0 Å². The number of nitrogens with two attached hydrogens (primary N) is 1. The van der Waals surface area contributed by atoms with Crippen LogP contribution in [0.3, 0.4) is 0 Å². The lowest BCUT2D eigenvalue weighted by atomic mass is 10.1. The number of likely N-dealkylation sites (tertiary alicyclic amines) is 1. The van der Waals surface area contributed by atoms with Gasteiger partial charge in [-0.25, -0.2) is 14.0 Å². The van der Waals surface area contributed by atoms with E-state index in [2.05, 4.69) is 5.32 Å². The maximum absolute atomic E-state index is 13.0. The Hall–Kier alpha value is -2.15. The number of hydrogen-bond donors (Lipinski definition) is 3. The molecule has 0 aliphatic carbocycles. The van der Waals surface area contributed by atoms with Gasteiger partial charge in [-0.3, -0.25) is 0 Å². The van der Waals surface area contributed by atoms with E-state index in [1.165, 1.54) is 6.07 Å². The van der Waals surface area contributed by atoms with E-state index in [4.69, 9.17) is 10.8 Å². The number of anilines is 1. The van der Waals surface area contributed by atoms with Crippen molar-refractivity contribution in [3.8, 4) is 0 Å². The molecule has 6 nitrogen and oxygen atoms in total. The van der Waals surface area contributed by atoms with Crippen molar-refractivity contribution >= 4 is 17.7 Å². The van der Waals surface area contributed by atoms with Crippen molar-refractivity contribution in [1.29, 1.82) is 0 Å². The predicted octanol–water partition coefficient (Wildman–Crippen LogP) is 1.34. The van der Waals surface area contributed by atoms with E-state index < -0.39 is 17.8 Å². The van der Waals surface area contributed by atoms with Gasteiger partial charge in [-0.15, -0.1) is 0 Å². The van der Waals surface area contributed by atoms with Gasteiger partial charge < -0.3 is 21.1 Å². The number of hydrogen-bond acceptors (Lipinski definition) is 3. The standard InChI is InChI=1S/C13H16FN3O3/c14-9-1-2-11(10(5-9)12(18)19)16-13(20)17-4-3-8(6-15)7-17/h1-2,5,8H,3-4,6-7,15H2,(H,16,20)(H,18,19). The zero-order chi connectivity index (χ0) is 14.7. The summed E-state index contributed by atoms with van der Waals surface area (Å²) in [5.74, 6) is -1.68. The monoisotopic (exact) mass is 281 g/mol. The molecule has 0 spiro atoms. The van der Waals surface area contributed by atoms with Gasteiger partial charge in [0, 0.05) is 13.1 Å². The minimum absolute atomic E-state index is 0.0834. The smallest absolute Gasteiger partial charge is 0.337 e. The summed E-state index contributed by atoms with van der Waals surface area (Å²) in [6.07, 6.45) is 0.832. The van der Waals surface area contributed by atoms with Crippen molar-refractivity contribution in [2.75, 3.05) is 25.0 Å². The molecule has 0 radical (unpaired) electrons. The van der Waals surface area contributed by atoms with Crippen molar-refractivity contribution in [2.24, 2.45) is 11.7 Å². The number of rotatable bonds is 3. The Kier molecular flexibility index (Phi) is 4.19. The second-order valence-electron chi connectivity index (χ2n) is 4.76. The molecule has 1 atom stereocenters. The summed E-state index contributed by atoms with van der Waals surface area (Å²) in [4.78, 5) is 24.6. The number of carboxylic acid groups (broad SMARTS) is 1. The normalized spacial score (nSPS) is 18.1. The van der Waals surface area contributed by atoms with Crippen molar-refractivity contribution in [3.05, 3.63) is 29.6 Å². The van der Waals surface area contributed by atoms with Crippen molar-refractivity contribution < 1.29 is 19.1 Å². The number of carbonyl (C=O) groups excluding carboxylic acids is 1. The van der Waals surface area contributed by atoms with Gasteiger partial charge in [0.15, 0.2) is 0 Å². The number of nitrogens with one attached hydrogen (secondary N) is 1. The fraction of sp³-hybridized carbons (Fsp3) is 0.385. The van der Waals surface area contributed by atoms with E-state index in [9.17, 15) is 14.0 Å². The van der Waals surface area contributed by atoms with Crippen molar-refractivity contribution in [2.45, 2.75) is 6.42 Å². The molecular formula is C13H16FN3O3. The zero-order valence-corrected chi connectivity index (χ0v) is 10.8. The Labute approximate surface area is 115 Å². The number of carbonyl (C=O) groups is 2. The summed E-state index contributed by atoms with van der Waals surface area (Å²) < 4.78 is 13.0. The van der Waals surface area contributed by atoms with Gasteiger partial charge in [0.05, 0.1) is 11.3 Å². The SMILES string of the molecule is NCC1CCN(C(=O)Nc2ccc(F)cc2C(=O)O)C1. The molecule has 0 saturated carbocycles. The van der Waals surface area contributed by atoms with Gasteiger partial charge in [0.25, 0.3) is 0 Å². The number of aromatic carboxylic acids is 1. The summed E-state index contributed by atoms with van der Waals surface area (Å²) in [5.41, 5.74) is 5.36. The first-order valence-electron chi connectivity index (χ1n) is 6.30. The van der Waals surface area contributed by atoms with Crippen LogP contribution < -0.4 is 11.1 Å². The predicted molar refractivity (Wildman–Crippen MR) is 71.1 cm³/mol. The Morgan fingerprint density at radius 3 is 2.85 bits per heavy atom. The quantitative estimate of drug-likeness (QED) is 0.779. The molecular weight excluding hydrogens is 265 g/mol. The Bertz CT molecular complexity index is 536. The third kappa shape index (κ3) is 3.05. The van der Waals surface area contributed by atoms with E-state index >= 15 is 0 Å². The molecule has 0 bridgehead atoms. The Morgan fingerprint density at radius 1 is 1.50 bits per heavy atom. The average molecular weight is 281 g/mol. The third-order valence-corrected chi connectivity index (χ3v) is 3.36. The molecule has 108 valence electrons. The van der Waals surface area contributed by atoms with Crippen LogP contribution in [0.1, 0.15) is 16.8 Å². The molecule has 1 unspecified atom stereocenters. The number of benzene rings is 1. The van der Waals surface area contributed by atoms with Crippen LogP contribution in [-0.4, -0.2) is 41.6 Å². The van der Waals surface area contributed by atoms with Crippen LogP contribution >= 0.6 is 0 Å². The molecule has 1 aliphatic heterocycles. The van der Waals surface area contributed by atoms with Gasteiger partial charge in [-0.1, -0.05) is 0 Å². The molecule has 1 aromatic rings. The highest BCUT2D eigenvalue weighted by Crippen LogP contribution is 2.20. The zero-order valence-electron chi connectivity index (χ0n) is 10.8. The lowest BCUT2D eigenvalue weighted by molar-refractivity contribution is 0.0697. The highest BCUT2D eigenvalue weighted by molar-refractivity contribution is 6.00. The molecule has 1 aromatic carbocycles. The second-order valence-corrected chi connectivity index (χ2v) is 4.76. The van der Waals surface area contributed by atoms with Crippen LogP contribution in [0.4, 0.5) is 14.9 Å². The molecule has 7 heteroatoms. The molecule has 2 rings (SSSR count). The molecule has 2 amide bonds. The highest BCUT2D eigenvalue weighted by Gasteiger charge is 2.26. The van der Waals surface area contributed by atoms with E-state index in [0.29, 0.717) is 19.6 Å². The molecule has 0 aromatic heterocycles. The molecule has 1 saturated heterocycles. The summed E-state index contributed by atoms with van der Waals surface area (Å²) in [6.45, 7) is 1.64. The van der Waals surface area contributed by atoms with Gasteiger partial charge in [-0.05, 0) is 37.1 Å². The van der Waals surface area contributed by atoms with Crippen LogP contribution in [0.2, 0.25) is 0 Å². The van der Waals surface area contributed by atoms with Gasteiger partial charge in [-0.2, -0.15) is 0 Å². The summed E-state index contributed by atoms with van der Waals surface area (Å²) in [7, 11) is 0. The number of nitrogens with zero attached hydrogens (tertiary/aromatic N) is 1. The second kappa shape index (κ2) is 5.87. The van der Waals surface area contributed by atoms with Crippen LogP contribution in [0.15, 0.2) is 18.2 Å². The van der Waals surface area contributed by atoms with E-state index in [1.54, 1.807) is 4.90 Å². The fourth-order valence-electron chi connectivity index (χ4n) is 2.21. The molecule has 20 heavy (non-hydrogen) atoms. The number of carboxylic acids is 1. The Balaban J connectivity index is 2.10. The minimum atomic E-state index is -1.29. The van der Waals surface area contributed by atoms with E-state index in [0.717, 1.165) is 18.6 Å². The van der Waals surface area contributed by atoms with Crippen molar-refractivity contribution in [1.82, 2.24) is 4.90 Å². The lowest BCUT2D eigenvalue weighted by Crippen LogP contribution is -2.34. The third-order valence-electron chi connectivity index (χ3n) is 3.36. The first kappa shape index (κ1) is 14.3. The largest absolute Gasteiger partial charge is 0.478 e. The number of amides is 2. The topological polar surface area (TPSA) is 95.7 Å². The lowest BCUT2D eigenvalue weighted by Gasteiger charge is -2.18. The Morgan fingerprint density at radius 2 is 2.25 bits per heavy atom. The fourth-order valence-corrected chi connectivity index (χ4v) is 2.21. The van der Waals surface area contributed by atoms with Gasteiger partial charge in [0.1, 0.15) is 5.82 Å². The molecule has 4 N–H and O–H groups in total. The number of halogens is 1.